The quantitative estimate of drug-likeness (QED) is 0.685. The zero-order valence-electron chi connectivity index (χ0n) is 11.0. The molecule has 0 aliphatic carbocycles. The average Bonchev–Trinajstić information content (AvgIpc) is 3.02. The second-order valence-corrected chi connectivity index (χ2v) is 4.44. The molecule has 3 rings (SSSR count). The van der Waals surface area contributed by atoms with Crippen molar-refractivity contribution in [3.63, 3.8) is 0 Å². The highest BCUT2D eigenvalue weighted by molar-refractivity contribution is 6.04. The van der Waals surface area contributed by atoms with Crippen molar-refractivity contribution in [3.8, 4) is 11.3 Å². The Morgan fingerprint density at radius 3 is 2.57 bits per heavy atom. The average molecular weight is 280 g/mol. The molecule has 0 bridgehead atoms. The molecule has 0 saturated carbocycles. The lowest BCUT2D eigenvalue weighted by molar-refractivity contribution is 0.102. The molecule has 0 unspecified atom stereocenters. The topological polar surface area (TPSA) is 90.6 Å². The molecular formula is C15H12N4O2. The number of aromatic nitrogens is 3. The molecule has 1 aromatic carbocycles. The number of hydrogen-bond acceptors (Lipinski definition) is 3. The molecule has 6 nitrogen and oxygen atoms in total. The minimum Gasteiger partial charge on any atom is -0.345 e. The summed E-state index contributed by atoms with van der Waals surface area (Å²) < 4.78 is 0. The zero-order valence-corrected chi connectivity index (χ0v) is 11.0. The number of benzene rings is 1. The van der Waals surface area contributed by atoms with E-state index >= 15 is 0 Å². The first kappa shape index (κ1) is 12.9. The van der Waals surface area contributed by atoms with E-state index in [0.29, 0.717) is 11.3 Å². The maximum Gasteiger partial charge on any atom is 0.255 e. The number of aromatic amines is 2. The molecule has 0 radical (unpaired) electrons. The molecule has 0 aliphatic heterocycles. The molecule has 0 fully saturated rings. The third-order valence-corrected chi connectivity index (χ3v) is 2.99. The van der Waals surface area contributed by atoms with Gasteiger partial charge in [-0.1, -0.05) is 12.1 Å². The summed E-state index contributed by atoms with van der Waals surface area (Å²) in [5.41, 5.74) is 2.54. The van der Waals surface area contributed by atoms with Crippen molar-refractivity contribution in [2.24, 2.45) is 0 Å². The Bertz CT molecular complexity index is 804. The van der Waals surface area contributed by atoms with Crippen molar-refractivity contribution in [2.75, 3.05) is 5.32 Å². The summed E-state index contributed by atoms with van der Waals surface area (Å²) in [6.45, 7) is 0. The Morgan fingerprint density at radius 2 is 1.90 bits per heavy atom. The Morgan fingerprint density at radius 1 is 1.10 bits per heavy atom. The zero-order chi connectivity index (χ0) is 14.7. The molecular weight excluding hydrogens is 268 g/mol. The summed E-state index contributed by atoms with van der Waals surface area (Å²) in [4.78, 5) is 32.6. The van der Waals surface area contributed by atoms with Gasteiger partial charge in [-0.25, -0.2) is 4.98 Å². The highest BCUT2D eigenvalue weighted by Gasteiger charge is 2.06. The van der Waals surface area contributed by atoms with E-state index in [1.165, 1.54) is 12.3 Å². The van der Waals surface area contributed by atoms with E-state index in [9.17, 15) is 9.59 Å². The summed E-state index contributed by atoms with van der Waals surface area (Å²) in [6.07, 6.45) is 4.78. The fourth-order valence-electron chi connectivity index (χ4n) is 1.94. The highest BCUT2D eigenvalue weighted by Crippen LogP contribution is 2.19. The summed E-state index contributed by atoms with van der Waals surface area (Å²) in [5, 5.41) is 2.74. The molecule has 0 saturated heterocycles. The molecule has 1 amide bonds. The number of rotatable bonds is 3. The molecule has 3 N–H and O–H groups in total. The van der Waals surface area contributed by atoms with Crippen LogP contribution in [0.3, 0.4) is 0 Å². The second kappa shape index (κ2) is 5.46. The number of imidazole rings is 1. The van der Waals surface area contributed by atoms with Crippen LogP contribution in [0.25, 0.3) is 11.3 Å². The molecule has 2 heterocycles. The van der Waals surface area contributed by atoms with Gasteiger partial charge >= 0.3 is 0 Å². The number of nitrogens with one attached hydrogen (secondary N) is 3. The Kier molecular flexibility index (Phi) is 3.34. The number of carbonyl (C=O) groups is 1. The maximum absolute atomic E-state index is 12.0. The third-order valence-electron chi connectivity index (χ3n) is 2.99. The maximum atomic E-state index is 12.0. The standard InChI is InChI=1S/C15H12N4O2/c20-14-7-11(5-6-17-14)15(21)19-12-3-1-10(2-4-12)13-8-16-9-18-13/h1-9H,(H,16,18)(H,17,20)(H,19,21). The van der Waals surface area contributed by atoms with Gasteiger partial charge in [-0.3, -0.25) is 9.59 Å². The van der Waals surface area contributed by atoms with E-state index in [1.807, 2.05) is 12.1 Å². The Hall–Kier alpha value is -3.15. The summed E-state index contributed by atoms with van der Waals surface area (Å²) in [6, 6.07) is 10.1. The van der Waals surface area contributed by atoms with Crippen molar-refractivity contribution in [2.45, 2.75) is 0 Å². The number of carbonyl (C=O) groups excluding carboxylic acids is 1. The van der Waals surface area contributed by atoms with Gasteiger partial charge in [-0.2, -0.15) is 0 Å². The molecule has 104 valence electrons. The first-order valence-electron chi connectivity index (χ1n) is 6.31. The van der Waals surface area contributed by atoms with E-state index in [4.69, 9.17) is 0 Å². The molecule has 0 atom stereocenters. The minimum absolute atomic E-state index is 0.308. The van der Waals surface area contributed by atoms with Crippen molar-refractivity contribution in [3.05, 3.63) is 71.0 Å². The SMILES string of the molecule is O=C(Nc1ccc(-c2cnc[nH]2)cc1)c1cc[nH]c(=O)c1. The van der Waals surface area contributed by atoms with Crippen LogP contribution in [0, 0.1) is 0 Å². The van der Waals surface area contributed by atoms with Crippen LogP contribution in [0.15, 0.2) is 59.9 Å². The largest absolute Gasteiger partial charge is 0.345 e. The number of H-pyrrole nitrogens is 2. The summed E-state index contributed by atoms with van der Waals surface area (Å²) >= 11 is 0. The second-order valence-electron chi connectivity index (χ2n) is 4.44. The molecule has 0 aliphatic rings. The smallest absolute Gasteiger partial charge is 0.255 e. The molecule has 21 heavy (non-hydrogen) atoms. The van der Waals surface area contributed by atoms with Gasteiger partial charge in [-0.15, -0.1) is 0 Å². The van der Waals surface area contributed by atoms with Gasteiger partial charge < -0.3 is 15.3 Å². The van der Waals surface area contributed by atoms with Crippen LogP contribution in [0.2, 0.25) is 0 Å². The van der Waals surface area contributed by atoms with Crippen LogP contribution >= 0.6 is 0 Å². The van der Waals surface area contributed by atoms with Crippen LogP contribution in [-0.4, -0.2) is 20.9 Å². The lowest BCUT2D eigenvalue weighted by Crippen LogP contribution is -2.15. The normalized spacial score (nSPS) is 10.3. The first-order chi connectivity index (χ1) is 10.2. The van der Waals surface area contributed by atoms with Gasteiger partial charge in [0.2, 0.25) is 5.56 Å². The molecule has 0 spiro atoms. The van der Waals surface area contributed by atoms with Crippen LogP contribution in [0.4, 0.5) is 5.69 Å². The van der Waals surface area contributed by atoms with E-state index in [0.717, 1.165) is 11.3 Å². The lowest BCUT2D eigenvalue weighted by atomic mass is 10.1. The fourth-order valence-corrected chi connectivity index (χ4v) is 1.94. The predicted octanol–water partition coefficient (Wildman–Crippen LogP) is 2.02. The predicted molar refractivity (Wildman–Crippen MR) is 79.0 cm³/mol. The van der Waals surface area contributed by atoms with Gasteiger partial charge in [0.1, 0.15) is 0 Å². The monoisotopic (exact) mass is 280 g/mol. The van der Waals surface area contributed by atoms with Gasteiger partial charge in [0, 0.05) is 23.5 Å². The van der Waals surface area contributed by atoms with Gasteiger partial charge in [0.05, 0.1) is 18.2 Å². The highest BCUT2D eigenvalue weighted by atomic mass is 16.2. The minimum atomic E-state index is -0.324. The van der Waals surface area contributed by atoms with Crippen LogP contribution in [0.1, 0.15) is 10.4 Å². The number of anilines is 1. The third kappa shape index (κ3) is 2.89. The Labute approximate surface area is 119 Å². The van der Waals surface area contributed by atoms with Gasteiger partial charge in [0.25, 0.3) is 5.91 Å². The first-order valence-corrected chi connectivity index (χ1v) is 6.31. The number of amides is 1. The molecule has 2 aromatic heterocycles. The van der Waals surface area contributed by atoms with E-state index < -0.39 is 0 Å². The van der Waals surface area contributed by atoms with Crippen molar-refractivity contribution >= 4 is 11.6 Å². The number of hydrogen-bond donors (Lipinski definition) is 3. The van der Waals surface area contributed by atoms with Crippen molar-refractivity contribution < 1.29 is 4.79 Å². The van der Waals surface area contributed by atoms with Crippen LogP contribution in [-0.2, 0) is 0 Å². The molecule has 3 aromatic rings. The van der Waals surface area contributed by atoms with Crippen molar-refractivity contribution in [1.82, 2.24) is 15.0 Å². The number of pyridine rings is 1. The summed E-state index contributed by atoms with van der Waals surface area (Å²) in [5.74, 6) is -0.324. The van der Waals surface area contributed by atoms with Crippen molar-refractivity contribution in [1.29, 1.82) is 0 Å². The van der Waals surface area contributed by atoms with Crippen LogP contribution < -0.4 is 10.9 Å². The van der Waals surface area contributed by atoms with E-state index in [-0.39, 0.29) is 11.5 Å². The van der Waals surface area contributed by atoms with E-state index in [1.54, 1.807) is 30.7 Å². The van der Waals surface area contributed by atoms with Crippen LogP contribution in [0.5, 0.6) is 0 Å². The lowest BCUT2D eigenvalue weighted by Gasteiger charge is -2.05. The Balaban J connectivity index is 1.76. The summed E-state index contributed by atoms with van der Waals surface area (Å²) in [7, 11) is 0. The molecule has 6 heteroatoms. The van der Waals surface area contributed by atoms with E-state index in [2.05, 4.69) is 20.3 Å². The van der Waals surface area contributed by atoms with Gasteiger partial charge in [-0.05, 0) is 23.8 Å². The van der Waals surface area contributed by atoms with Gasteiger partial charge in [0.15, 0.2) is 0 Å². The number of nitrogens with zero attached hydrogens (tertiary/aromatic N) is 1. The fraction of sp³-hybridized carbons (Fsp3) is 0.